The first-order valence-corrected chi connectivity index (χ1v) is 6.49. The Labute approximate surface area is 113 Å². The van der Waals surface area contributed by atoms with Crippen molar-refractivity contribution in [3.05, 3.63) is 29.6 Å². The van der Waals surface area contributed by atoms with Crippen LogP contribution in [-0.2, 0) is 12.5 Å². The largest absolute Gasteiger partial charge is 0.331 e. The van der Waals surface area contributed by atoms with E-state index in [1.807, 2.05) is 25.2 Å². The van der Waals surface area contributed by atoms with Crippen LogP contribution in [0.25, 0.3) is 11.0 Å². The second kappa shape index (κ2) is 4.78. The Bertz CT molecular complexity index is 620. The number of rotatable bonds is 3. The van der Waals surface area contributed by atoms with Gasteiger partial charge in [-0.05, 0) is 25.2 Å². The minimum Gasteiger partial charge on any atom is -0.331 e. The molecular weight excluding hydrogens is 238 g/mol. The molecule has 4 heteroatoms. The number of hydrogen-bond acceptors (Lipinski definition) is 3. The van der Waals surface area contributed by atoms with Crippen molar-refractivity contribution in [3.63, 3.8) is 0 Å². The number of Topliss-reactive ketones (excluding diaryl/α,β-unsaturated/α-hetero) is 1. The van der Waals surface area contributed by atoms with Gasteiger partial charge in [-0.2, -0.15) is 0 Å². The second-order valence-electron chi connectivity index (χ2n) is 5.90. The standard InChI is InChI=1S/C15H21N3O/c1-15(2,3)14-17-11-8-10(13(19)9-16-4)6-7-12(11)18(14)5/h6-8,16H,9H2,1-5H3. The SMILES string of the molecule is CNCC(=O)c1ccc2c(c1)nc(C(C)(C)C)n2C. The molecule has 102 valence electrons. The summed E-state index contributed by atoms with van der Waals surface area (Å²) in [6, 6.07) is 5.72. The number of benzene rings is 1. The quantitative estimate of drug-likeness (QED) is 0.860. The molecule has 1 aromatic heterocycles. The van der Waals surface area contributed by atoms with Gasteiger partial charge < -0.3 is 9.88 Å². The van der Waals surface area contributed by atoms with E-state index in [-0.39, 0.29) is 11.2 Å². The molecule has 0 unspecified atom stereocenters. The molecule has 1 aromatic carbocycles. The molecule has 0 radical (unpaired) electrons. The van der Waals surface area contributed by atoms with Gasteiger partial charge in [0.05, 0.1) is 17.6 Å². The smallest absolute Gasteiger partial charge is 0.176 e. The van der Waals surface area contributed by atoms with Gasteiger partial charge in [-0.25, -0.2) is 4.98 Å². The average molecular weight is 259 g/mol. The molecule has 0 aliphatic rings. The van der Waals surface area contributed by atoms with Crippen LogP contribution in [0, 0.1) is 0 Å². The predicted molar refractivity (Wildman–Crippen MR) is 77.7 cm³/mol. The van der Waals surface area contributed by atoms with Gasteiger partial charge >= 0.3 is 0 Å². The van der Waals surface area contributed by atoms with Crippen LogP contribution >= 0.6 is 0 Å². The lowest BCUT2D eigenvalue weighted by atomic mass is 9.96. The molecule has 19 heavy (non-hydrogen) atoms. The van der Waals surface area contributed by atoms with Gasteiger partial charge in [0.1, 0.15) is 5.82 Å². The third kappa shape index (κ3) is 2.54. The fourth-order valence-corrected chi connectivity index (χ4v) is 2.31. The first-order chi connectivity index (χ1) is 8.84. The van der Waals surface area contributed by atoms with Crippen LogP contribution in [0.1, 0.15) is 37.0 Å². The molecular formula is C15H21N3O. The number of aryl methyl sites for hydroxylation is 1. The molecule has 2 aromatic rings. The summed E-state index contributed by atoms with van der Waals surface area (Å²) in [5.41, 5.74) is 2.64. The molecule has 4 nitrogen and oxygen atoms in total. The Hall–Kier alpha value is -1.68. The van der Waals surface area contributed by atoms with Crippen LogP contribution in [0.2, 0.25) is 0 Å². The minimum atomic E-state index is -0.0110. The van der Waals surface area contributed by atoms with Crippen LogP contribution in [0.4, 0.5) is 0 Å². The summed E-state index contributed by atoms with van der Waals surface area (Å²) in [6.45, 7) is 6.77. The van der Waals surface area contributed by atoms with Gasteiger partial charge in [0.2, 0.25) is 0 Å². The normalized spacial score (nSPS) is 12.1. The molecule has 0 aliphatic carbocycles. The van der Waals surface area contributed by atoms with E-state index in [9.17, 15) is 4.79 Å². The topological polar surface area (TPSA) is 46.9 Å². The van der Waals surface area contributed by atoms with Crippen molar-refractivity contribution >= 4 is 16.8 Å². The Morgan fingerprint density at radius 1 is 1.37 bits per heavy atom. The van der Waals surface area contributed by atoms with Crippen LogP contribution in [0.3, 0.4) is 0 Å². The number of hydrogen-bond donors (Lipinski definition) is 1. The zero-order valence-electron chi connectivity index (χ0n) is 12.2. The van der Waals surface area contributed by atoms with E-state index in [0.29, 0.717) is 12.1 Å². The summed E-state index contributed by atoms with van der Waals surface area (Å²) >= 11 is 0. The third-order valence-corrected chi connectivity index (χ3v) is 3.21. The molecule has 0 bridgehead atoms. The highest BCUT2D eigenvalue weighted by Gasteiger charge is 2.21. The number of carbonyl (C=O) groups is 1. The second-order valence-corrected chi connectivity index (χ2v) is 5.90. The fourth-order valence-electron chi connectivity index (χ4n) is 2.31. The van der Waals surface area contributed by atoms with E-state index in [1.165, 1.54) is 0 Å². The van der Waals surface area contributed by atoms with Gasteiger partial charge in [0, 0.05) is 18.0 Å². The summed E-state index contributed by atoms with van der Waals surface area (Å²) in [6.07, 6.45) is 0. The lowest BCUT2D eigenvalue weighted by molar-refractivity contribution is 0.0993. The zero-order valence-corrected chi connectivity index (χ0v) is 12.2. The van der Waals surface area contributed by atoms with Crippen LogP contribution < -0.4 is 5.32 Å². The Kier molecular flexibility index (Phi) is 3.45. The van der Waals surface area contributed by atoms with E-state index < -0.39 is 0 Å². The summed E-state index contributed by atoms with van der Waals surface area (Å²) in [5, 5.41) is 2.88. The van der Waals surface area contributed by atoms with E-state index in [4.69, 9.17) is 0 Å². The molecule has 0 fully saturated rings. The molecule has 0 aliphatic heterocycles. The first kappa shape index (κ1) is 13.7. The van der Waals surface area contributed by atoms with Crippen molar-refractivity contribution < 1.29 is 4.79 Å². The Balaban J connectivity index is 2.53. The zero-order chi connectivity index (χ0) is 14.2. The van der Waals surface area contributed by atoms with Crippen LogP contribution in [0.15, 0.2) is 18.2 Å². The van der Waals surface area contributed by atoms with E-state index in [0.717, 1.165) is 16.9 Å². The lowest BCUT2D eigenvalue weighted by Gasteiger charge is -2.17. The fraction of sp³-hybridized carbons (Fsp3) is 0.467. The van der Waals surface area contributed by atoms with Gasteiger partial charge in [0.15, 0.2) is 5.78 Å². The molecule has 0 atom stereocenters. The van der Waals surface area contributed by atoms with E-state index >= 15 is 0 Å². The van der Waals surface area contributed by atoms with Crippen molar-refractivity contribution in [2.75, 3.05) is 13.6 Å². The average Bonchev–Trinajstić information content (AvgIpc) is 2.66. The van der Waals surface area contributed by atoms with Gasteiger partial charge in [-0.1, -0.05) is 20.8 Å². The summed E-state index contributed by atoms with van der Waals surface area (Å²) in [7, 11) is 3.79. The number of nitrogens with one attached hydrogen (secondary N) is 1. The number of ketones is 1. The van der Waals surface area contributed by atoms with Crippen molar-refractivity contribution in [3.8, 4) is 0 Å². The molecule has 1 heterocycles. The number of aromatic nitrogens is 2. The molecule has 2 rings (SSSR count). The van der Waals surface area contributed by atoms with Gasteiger partial charge in [-0.15, -0.1) is 0 Å². The van der Waals surface area contributed by atoms with Crippen LogP contribution in [-0.4, -0.2) is 28.9 Å². The molecule has 0 saturated carbocycles. The van der Waals surface area contributed by atoms with Crippen LogP contribution in [0.5, 0.6) is 0 Å². The maximum absolute atomic E-state index is 11.9. The third-order valence-electron chi connectivity index (χ3n) is 3.21. The summed E-state index contributed by atoms with van der Waals surface area (Å²) < 4.78 is 2.10. The van der Waals surface area contributed by atoms with E-state index in [2.05, 4.69) is 35.6 Å². The van der Waals surface area contributed by atoms with Gasteiger partial charge in [0.25, 0.3) is 0 Å². The molecule has 0 amide bonds. The van der Waals surface area contributed by atoms with Crippen molar-refractivity contribution in [2.45, 2.75) is 26.2 Å². The van der Waals surface area contributed by atoms with Crippen molar-refractivity contribution in [1.29, 1.82) is 0 Å². The highest BCUT2D eigenvalue weighted by atomic mass is 16.1. The summed E-state index contributed by atoms with van der Waals surface area (Å²) in [4.78, 5) is 16.6. The Morgan fingerprint density at radius 2 is 2.05 bits per heavy atom. The number of imidazole rings is 1. The highest BCUT2D eigenvalue weighted by molar-refractivity contribution is 6.00. The maximum atomic E-state index is 11.9. The molecule has 0 spiro atoms. The van der Waals surface area contributed by atoms with Crippen molar-refractivity contribution in [1.82, 2.24) is 14.9 Å². The highest BCUT2D eigenvalue weighted by Crippen LogP contribution is 2.25. The first-order valence-electron chi connectivity index (χ1n) is 6.49. The van der Waals surface area contributed by atoms with E-state index in [1.54, 1.807) is 7.05 Å². The summed E-state index contributed by atoms with van der Waals surface area (Å²) in [5.74, 6) is 1.12. The Morgan fingerprint density at radius 3 is 2.63 bits per heavy atom. The number of nitrogens with zero attached hydrogens (tertiary/aromatic N) is 2. The predicted octanol–water partition coefficient (Wildman–Crippen LogP) is 2.27. The van der Waals surface area contributed by atoms with Crippen molar-refractivity contribution in [2.24, 2.45) is 7.05 Å². The molecule has 1 N–H and O–H groups in total. The maximum Gasteiger partial charge on any atom is 0.176 e. The number of fused-ring (bicyclic) bond motifs is 1. The molecule has 0 saturated heterocycles. The monoisotopic (exact) mass is 259 g/mol. The lowest BCUT2D eigenvalue weighted by Crippen LogP contribution is -2.18. The number of carbonyl (C=O) groups excluding carboxylic acids is 1. The van der Waals surface area contributed by atoms with Gasteiger partial charge in [-0.3, -0.25) is 4.79 Å². The minimum absolute atomic E-state index is 0.0110. The number of likely N-dealkylation sites (N-methyl/N-ethyl adjacent to an activating group) is 1.